The average molecular weight is 439 g/mol. The minimum absolute atomic E-state index is 0.341. The molecule has 0 bridgehead atoms. The third-order valence-corrected chi connectivity index (χ3v) is 7.42. The fourth-order valence-electron chi connectivity index (χ4n) is 5.41. The molecule has 0 spiro atoms. The molecule has 5 N–H and O–H groups in total. The lowest BCUT2D eigenvalue weighted by molar-refractivity contribution is 0.0864. The maximum Gasteiger partial charge on any atom is 0.153 e. The Balaban J connectivity index is 1.35. The van der Waals surface area contributed by atoms with Gasteiger partial charge in [0.1, 0.15) is 17.7 Å². The number of benzene rings is 1. The molecule has 1 atom stereocenters. The molecule has 1 saturated carbocycles. The summed E-state index contributed by atoms with van der Waals surface area (Å²) in [6, 6.07) is 6.69. The van der Waals surface area contributed by atoms with E-state index in [4.69, 9.17) is 16.2 Å². The second kappa shape index (κ2) is 8.47. The standard InChI is InChI=1S/C23H34N8O/c1-29-9-11-30(12-10-29)17-4-6-18(7-5-17)31-22-19(14-26-15-27-22)23(25,28-31)16-3-8-20(24)21(13-16)32-2/h3,8,13-15,17-18,28H,4-7,9-12,24-25H2,1-2H3. The molecule has 0 amide bonds. The number of aromatic nitrogens is 2. The van der Waals surface area contributed by atoms with Gasteiger partial charge < -0.3 is 21.1 Å². The maximum atomic E-state index is 6.98. The van der Waals surface area contributed by atoms with E-state index in [1.165, 1.54) is 39.0 Å². The van der Waals surface area contributed by atoms with E-state index in [0.717, 1.165) is 29.8 Å². The van der Waals surface area contributed by atoms with Crippen LogP contribution >= 0.6 is 0 Å². The van der Waals surface area contributed by atoms with Crippen molar-refractivity contribution in [1.82, 2.24) is 25.2 Å². The predicted octanol–water partition coefficient (Wildman–Crippen LogP) is 1.11. The fourth-order valence-corrected chi connectivity index (χ4v) is 5.41. The van der Waals surface area contributed by atoms with E-state index in [1.54, 1.807) is 13.4 Å². The van der Waals surface area contributed by atoms with Gasteiger partial charge in [0, 0.05) is 44.5 Å². The van der Waals surface area contributed by atoms with Crippen LogP contribution < -0.4 is 26.6 Å². The summed E-state index contributed by atoms with van der Waals surface area (Å²) in [6.07, 6.45) is 8.01. The number of nitrogens with zero attached hydrogens (tertiary/aromatic N) is 5. The number of rotatable bonds is 4. The van der Waals surface area contributed by atoms with E-state index < -0.39 is 5.66 Å². The Morgan fingerprint density at radius 2 is 1.81 bits per heavy atom. The normalized spacial score (nSPS) is 29.2. The van der Waals surface area contributed by atoms with Crippen LogP contribution in [0.2, 0.25) is 0 Å². The van der Waals surface area contributed by atoms with Crippen molar-refractivity contribution >= 4 is 11.5 Å². The van der Waals surface area contributed by atoms with E-state index in [0.29, 0.717) is 23.5 Å². The number of nitrogens with two attached hydrogens (primary N) is 2. The first-order chi connectivity index (χ1) is 15.5. The Labute approximate surface area is 189 Å². The highest BCUT2D eigenvalue weighted by atomic mass is 16.5. The average Bonchev–Trinajstić information content (AvgIpc) is 3.14. The summed E-state index contributed by atoms with van der Waals surface area (Å²) >= 11 is 0. The molecular formula is C23H34N8O. The molecule has 9 heteroatoms. The van der Waals surface area contributed by atoms with Gasteiger partial charge in [-0.3, -0.25) is 9.91 Å². The lowest BCUT2D eigenvalue weighted by atomic mass is 9.89. The van der Waals surface area contributed by atoms with Crippen LogP contribution in [0.4, 0.5) is 11.5 Å². The summed E-state index contributed by atoms with van der Waals surface area (Å²) in [6.45, 7) is 4.68. The minimum atomic E-state index is -0.939. The Bertz CT molecular complexity index is 955. The summed E-state index contributed by atoms with van der Waals surface area (Å²) in [5.74, 6) is 1.47. The first-order valence-electron chi connectivity index (χ1n) is 11.5. The first kappa shape index (κ1) is 21.4. The van der Waals surface area contributed by atoms with Gasteiger partial charge in [-0.25, -0.2) is 15.4 Å². The molecule has 9 nitrogen and oxygen atoms in total. The van der Waals surface area contributed by atoms with Crippen LogP contribution in [0.25, 0.3) is 0 Å². The van der Waals surface area contributed by atoms with Crippen molar-refractivity contribution in [2.45, 2.75) is 43.4 Å². The smallest absolute Gasteiger partial charge is 0.153 e. The SMILES string of the molecule is COc1cc(C2(N)NN(C3CCC(N4CCN(C)CC4)CC3)c3ncncc32)ccc1N. The fraction of sp³-hybridized carbons (Fsp3) is 0.565. The molecule has 1 aliphatic carbocycles. The van der Waals surface area contributed by atoms with Crippen LogP contribution in [-0.2, 0) is 5.66 Å². The Hall–Kier alpha value is -2.46. The zero-order valence-corrected chi connectivity index (χ0v) is 19.0. The van der Waals surface area contributed by atoms with Gasteiger partial charge in [-0.2, -0.15) is 0 Å². The number of nitrogens with one attached hydrogen (secondary N) is 1. The molecule has 2 aliphatic heterocycles. The van der Waals surface area contributed by atoms with Gasteiger partial charge >= 0.3 is 0 Å². The molecule has 0 radical (unpaired) electrons. The molecule has 1 unspecified atom stereocenters. The zero-order valence-electron chi connectivity index (χ0n) is 19.0. The summed E-state index contributed by atoms with van der Waals surface area (Å²) in [5.41, 5.74) is 18.0. The van der Waals surface area contributed by atoms with Crippen molar-refractivity contribution in [3.8, 4) is 5.75 Å². The highest BCUT2D eigenvalue weighted by molar-refractivity contribution is 5.62. The van der Waals surface area contributed by atoms with Crippen LogP contribution in [-0.4, -0.2) is 72.2 Å². The number of nitrogen functional groups attached to an aromatic ring is 1. The molecule has 5 rings (SSSR count). The van der Waals surface area contributed by atoms with Crippen molar-refractivity contribution in [3.63, 3.8) is 0 Å². The van der Waals surface area contributed by atoms with E-state index in [2.05, 4.69) is 37.3 Å². The third kappa shape index (κ3) is 3.69. The summed E-state index contributed by atoms with van der Waals surface area (Å²) in [5, 5.41) is 2.18. The Morgan fingerprint density at radius 3 is 2.53 bits per heavy atom. The summed E-state index contributed by atoms with van der Waals surface area (Å²) in [7, 11) is 3.82. The number of methoxy groups -OCH3 is 1. The highest BCUT2D eigenvalue weighted by Gasteiger charge is 2.45. The number of anilines is 2. The first-order valence-corrected chi connectivity index (χ1v) is 11.5. The van der Waals surface area contributed by atoms with Gasteiger partial charge in [-0.1, -0.05) is 6.07 Å². The maximum absolute atomic E-state index is 6.98. The largest absolute Gasteiger partial charge is 0.495 e. The van der Waals surface area contributed by atoms with Crippen LogP contribution in [0.3, 0.4) is 0 Å². The third-order valence-electron chi connectivity index (χ3n) is 7.42. The van der Waals surface area contributed by atoms with Gasteiger partial charge in [-0.05, 0) is 50.4 Å². The van der Waals surface area contributed by atoms with E-state index in [1.807, 2.05) is 24.4 Å². The number of ether oxygens (including phenoxy) is 1. The minimum Gasteiger partial charge on any atom is -0.495 e. The lowest BCUT2D eigenvalue weighted by Gasteiger charge is -2.43. The van der Waals surface area contributed by atoms with Crippen molar-refractivity contribution < 1.29 is 4.74 Å². The van der Waals surface area contributed by atoms with Gasteiger partial charge in [0.05, 0.1) is 18.4 Å². The second-order valence-corrected chi connectivity index (χ2v) is 9.31. The zero-order chi connectivity index (χ0) is 22.3. The van der Waals surface area contributed by atoms with E-state index in [9.17, 15) is 0 Å². The van der Waals surface area contributed by atoms with Gasteiger partial charge in [0.25, 0.3) is 0 Å². The monoisotopic (exact) mass is 438 g/mol. The van der Waals surface area contributed by atoms with Crippen molar-refractivity contribution in [3.05, 3.63) is 41.9 Å². The molecule has 172 valence electrons. The molecule has 32 heavy (non-hydrogen) atoms. The number of hydrazine groups is 1. The van der Waals surface area contributed by atoms with Crippen LogP contribution in [0.5, 0.6) is 5.75 Å². The van der Waals surface area contributed by atoms with E-state index in [-0.39, 0.29) is 0 Å². The molecule has 2 fully saturated rings. The van der Waals surface area contributed by atoms with Crippen LogP contribution in [0.15, 0.2) is 30.7 Å². The molecule has 2 aromatic rings. The molecule has 1 aromatic heterocycles. The van der Waals surface area contributed by atoms with Crippen molar-refractivity contribution in [2.75, 3.05) is 51.1 Å². The van der Waals surface area contributed by atoms with Crippen LogP contribution in [0.1, 0.15) is 36.8 Å². The summed E-state index contributed by atoms with van der Waals surface area (Å²) in [4.78, 5) is 14.0. The van der Waals surface area contributed by atoms with Crippen LogP contribution in [0, 0.1) is 0 Å². The number of piperazine rings is 1. The molecule has 1 saturated heterocycles. The van der Waals surface area contributed by atoms with Crippen molar-refractivity contribution in [2.24, 2.45) is 5.73 Å². The van der Waals surface area contributed by atoms with Crippen molar-refractivity contribution in [1.29, 1.82) is 0 Å². The predicted molar refractivity (Wildman–Crippen MR) is 125 cm³/mol. The molecule has 3 aliphatic rings. The quantitative estimate of drug-likeness (QED) is 0.605. The highest BCUT2D eigenvalue weighted by Crippen LogP contribution is 2.41. The van der Waals surface area contributed by atoms with Gasteiger partial charge in [0.15, 0.2) is 5.82 Å². The summed E-state index contributed by atoms with van der Waals surface area (Å²) < 4.78 is 5.44. The number of fused-ring (bicyclic) bond motifs is 1. The Kier molecular flexibility index (Phi) is 5.66. The second-order valence-electron chi connectivity index (χ2n) is 9.31. The number of hydrogen-bond donors (Lipinski definition) is 3. The van der Waals surface area contributed by atoms with Gasteiger partial charge in [-0.15, -0.1) is 0 Å². The Morgan fingerprint density at radius 1 is 1.09 bits per heavy atom. The number of hydrogen-bond acceptors (Lipinski definition) is 9. The topological polar surface area (TPSA) is 109 Å². The lowest BCUT2D eigenvalue weighted by Crippen LogP contribution is -2.57. The molecule has 1 aromatic carbocycles. The van der Waals surface area contributed by atoms with E-state index >= 15 is 0 Å². The number of likely N-dealkylation sites (N-methyl/N-ethyl adjacent to an activating group) is 1. The molecular weight excluding hydrogens is 404 g/mol. The molecule has 3 heterocycles. The van der Waals surface area contributed by atoms with Gasteiger partial charge in [0.2, 0.25) is 0 Å².